The third-order valence-corrected chi connectivity index (χ3v) is 6.48. The van der Waals surface area contributed by atoms with Crippen LogP contribution < -0.4 is 4.74 Å². The first-order chi connectivity index (χ1) is 14.4. The minimum Gasteiger partial charge on any atom is -0.494 e. The summed E-state index contributed by atoms with van der Waals surface area (Å²) in [6, 6.07) is 12.2. The Kier molecular flexibility index (Phi) is 5.82. The van der Waals surface area contributed by atoms with Crippen molar-refractivity contribution >= 4 is 51.0 Å². The maximum absolute atomic E-state index is 12.2. The second kappa shape index (κ2) is 8.38. The molecular weight excluding hydrogens is 443 g/mol. The predicted molar refractivity (Wildman–Crippen MR) is 122 cm³/mol. The minimum absolute atomic E-state index is 0.203. The fraction of sp³-hybridized carbons (Fsp3) is 0.182. The van der Waals surface area contributed by atoms with Crippen LogP contribution in [0.25, 0.3) is 4.91 Å². The summed E-state index contributed by atoms with van der Waals surface area (Å²) in [4.78, 5) is 19.4. The van der Waals surface area contributed by atoms with Crippen molar-refractivity contribution in [3.63, 3.8) is 0 Å². The third-order valence-electron chi connectivity index (χ3n) is 4.84. The van der Waals surface area contributed by atoms with Crippen LogP contribution in [0.1, 0.15) is 31.0 Å². The van der Waals surface area contributed by atoms with Gasteiger partial charge in [0, 0.05) is 22.2 Å². The molecule has 2 aliphatic heterocycles. The number of rotatable bonds is 5. The number of benzene rings is 2. The highest BCUT2D eigenvalue weighted by Crippen LogP contribution is 2.49. The van der Waals surface area contributed by atoms with Gasteiger partial charge in [-0.05, 0) is 43.8 Å². The number of amidine groups is 1. The zero-order chi connectivity index (χ0) is 21.4. The van der Waals surface area contributed by atoms with Gasteiger partial charge in [-0.15, -0.1) is 0 Å². The molecule has 0 amide bonds. The molecule has 30 heavy (non-hydrogen) atoms. The maximum atomic E-state index is 12.2. The lowest BCUT2D eigenvalue weighted by atomic mass is 9.94. The lowest BCUT2D eigenvalue weighted by Gasteiger charge is -2.33. The summed E-state index contributed by atoms with van der Waals surface area (Å²) in [7, 11) is 0. The SMILES string of the molecule is CCOc1ccccc1[C@H]1C(C(=O)O)=C(C)N=C2SC(c3c(Cl)cccc3Cl)=CN21. The number of aliphatic carboxylic acids is 1. The average Bonchev–Trinajstić information content (AvgIpc) is 3.10. The van der Waals surface area contributed by atoms with Crippen LogP contribution in [0, 0.1) is 0 Å². The molecule has 2 aromatic carbocycles. The van der Waals surface area contributed by atoms with Gasteiger partial charge in [-0.25, -0.2) is 9.79 Å². The van der Waals surface area contributed by atoms with Crippen LogP contribution in [0.2, 0.25) is 10.0 Å². The molecule has 8 heteroatoms. The van der Waals surface area contributed by atoms with Crippen molar-refractivity contribution < 1.29 is 14.6 Å². The van der Waals surface area contributed by atoms with Gasteiger partial charge >= 0.3 is 5.97 Å². The van der Waals surface area contributed by atoms with Gasteiger partial charge in [0.25, 0.3) is 0 Å². The Labute approximate surface area is 188 Å². The van der Waals surface area contributed by atoms with Crippen molar-refractivity contribution in [3.8, 4) is 5.75 Å². The average molecular weight is 461 g/mol. The van der Waals surface area contributed by atoms with E-state index < -0.39 is 12.0 Å². The highest BCUT2D eigenvalue weighted by molar-refractivity contribution is 8.22. The number of thioether (sulfide) groups is 1. The fourth-order valence-electron chi connectivity index (χ4n) is 3.58. The lowest BCUT2D eigenvalue weighted by molar-refractivity contribution is -0.133. The molecule has 2 aromatic rings. The molecule has 2 aliphatic rings. The van der Waals surface area contributed by atoms with Gasteiger partial charge in [0.05, 0.1) is 34.0 Å². The van der Waals surface area contributed by atoms with E-state index in [1.165, 1.54) is 11.8 Å². The number of ether oxygens (including phenoxy) is 1. The Bertz CT molecular complexity index is 1110. The first-order valence-corrected chi connectivity index (χ1v) is 10.9. The number of carbonyl (C=O) groups is 1. The van der Waals surface area contributed by atoms with Crippen molar-refractivity contribution in [2.45, 2.75) is 19.9 Å². The quantitative estimate of drug-likeness (QED) is 0.574. The zero-order valence-electron chi connectivity index (χ0n) is 16.2. The van der Waals surface area contributed by atoms with Gasteiger partial charge in [0.2, 0.25) is 0 Å². The van der Waals surface area contributed by atoms with E-state index in [0.717, 1.165) is 10.5 Å². The Morgan fingerprint density at radius 1 is 1.20 bits per heavy atom. The highest BCUT2D eigenvalue weighted by atomic mass is 35.5. The van der Waals surface area contributed by atoms with Gasteiger partial charge in [0.15, 0.2) is 5.17 Å². The zero-order valence-corrected chi connectivity index (χ0v) is 18.6. The Morgan fingerprint density at radius 3 is 2.57 bits per heavy atom. The van der Waals surface area contributed by atoms with E-state index in [4.69, 9.17) is 27.9 Å². The Morgan fingerprint density at radius 2 is 1.90 bits per heavy atom. The molecule has 0 saturated heterocycles. The number of hydrogen-bond acceptors (Lipinski definition) is 5. The molecule has 0 aliphatic carbocycles. The van der Waals surface area contributed by atoms with Crippen LogP contribution in [0.15, 0.2) is 64.9 Å². The highest BCUT2D eigenvalue weighted by Gasteiger charge is 2.40. The number of aliphatic imine (C=N–C) groups is 1. The molecule has 1 atom stereocenters. The second-order valence-electron chi connectivity index (χ2n) is 6.67. The van der Waals surface area contributed by atoms with E-state index in [2.05, 4.69) is 4.99 Å². The van der Waals surface area contributed by atoms with Gasteiger partial charge in [-0.2, -0.15) is 0 Å². The molecule has 2 heterocycles. The number of nitrogens with zero attached hydrogens (tertiary/aromatic N) is 2. The number of halogens is 2. The van der Waals surface area contributed by atoms with E-state index in [0.29, 0.717) is 38.8 Å². The number of fused-ring (bicyclic) bond motifs is 1. The maximum Gasteiger partial charge on any atom is 0.335 e. The summed E-state index contributed by atoms with van der Waals surface area (Å²) in [6.45, 7) is 4.08. The predicted octanol–water partition coefficient (Wildman–Crippen LogP) is 6.21. The largest absolute Gasteiger partial charge is 0.494 e. The molecule has 154 valence electrons. The Hall–Kier alpha value is -2.41. The smallest absolute Gasteiger partial charge is 0.335 e. The second-order valence-corrected chi connectivity index (χ2v) is 8.49. The van der Waals surface area contributed by atoms with Gasteiger partial charge in [-0.3, -0.25) is 0 Å². The molecule has 0 aromatic heterocycles. The molecule has 0 saturated carbocycles. The number of carboxylic acids is 1. The normalized spacial score (nSPS) is 18.1. The van der Waals surface area contributed by atoms with Crippen LogP contribution >= 0.6 is 35.0 Å². The van der Waals surface area contributed by atoms with Crippen molar-refractivity contribution in [2.75, 3.05) is 6.61 Å². The molecule has 1 N–H and O–H groups in total. The van der Waals surface area contributed by atoms with Crippen molar-refractivity contribution in [2.24, 2.45) is 4.99 Å². The first kappa shape index (κ1) is 20.8. The van der Waals surface area contributed by atoms with Gasteiger partial charge in [-0.1, -0.05) is 47.5 Å². The number of allylic oxidation sites excluding steroid dienone is 1. The van der Waals surface area contributed by atoms with Gasteiger partial charge in [0.1, 0.15) is 5.75 Å². The summed E-state index contributed by atoms with van der Waals surface area (Å²) < 4.78 is 5.80. The summed E-state index contributed by atoms with van der Waals surface area (Å²) >= 11 is 14.2. The standard InChI is InChI=1S/C22H18Cl2N2O3S/c1-3-29-16-10-5-4-7-13(16)20-18(21(27)28)12(2)25-22-26(20)11-17(30-22)19-14(23)8-6-9-15(19)24/h4-11,20H,3H2,1-2H3,(H,27,28)/t20-/m0/s1. The van der Waals surface area contributed by atoms with Crippen molar-refractivity contribution in [1.82, 2.24) is 4.90 Å². The topological polar surface area (TPSA) is 62.1 Å². The molecule has 0 bridgehead atoms. The third kappa shape index (κ3) is 3.60. The molecule has 4 rings (SSSR count). The van der Waals surface area contributed by atoms with E-state index >= 15 is 0 Å². The van der Waals surface area contributed by atoms with Crippen LogP contribution in [0.5, 0.6) is 5.75 Å². The van der Waals surface area contributed by atoms with Crippen LogP contribution in [0.3, 0.4) is 0 Å². The molecule has 0 radical (unpaired) electrons. The monoisotopic (exact) mass is 460 g/mol. The summed E-state index contributed by atoms with van der Waals surface area (Å²) in [5.41, 5.74) is 2.12. The van der Waals surface area contributed by atoms with Crippen molar-refractivity contribution in [3.05, 3.63) is 81.1 Å². The fourth-order valence-corrected chi connectivity index (χ4v) is 5.43. The lowest BCUT2D eigenvalue weighted by Crippen LogP contribution is -2.33. The van der Waals surface area contributed by atoms with E-state index in [1.54, 1.807) is 25.1 Å². The molecule has 0 fully saturated rings. The van der Waals surface area contributed by atoms with E-state index in [-0.39, 0.29) is 5.57 Å². The van der Waals surface area contributed by atoms with E-state index in [1.807, 2.05) is 42.3 Å². The van der Waals surface area contributed by atoms with Crippen molar-refractivity contribution in [1.29, 1.82) is 0 Å². The van der Waals surface area contributed by atoms with Gasteiger partial charge < -0.3 is 14.7 Å². The van der Waals surface area contributed by atoms with E-state index in [9.17, 15) is 9.90 Å². The number of para-hydroxylation sites is 1. The number of hydrogen-bond donors (Lipinski definition) is 1. The van der Waals surface area contributed by atoms with Crippen LogP contribution in [-0.4, -0.2) is 27.8 Å². The summed E-state index contributed by atoms with van der Waals surface area (Å²) in [6.07, 6.45) is 1.86. The Balaban J connectivity index is 1.88. The summed E-state index contributed by atoms with van der Waals surface area (Å²) in [5, 5.41) is 11.7. The molecular formula is C22H18Cl2N2O3S. The minimum atomic E-state index is -1.02. The van der Waals surface area contributed by atoms with Crippen LogP contribution in [-0.2, 0) is 4.79 Å². The summed E-state index contributed by atoms with van der Waals surface area (Å²) in [5.74, 6) is -0.380. The number of carboxylic acid groups (broad SMARTS) is 1. The van der Waals surface area contributed by atoms with Crippen LogP contribution in [0.4, 0.5) is 0 Å². The molecule has 5 nitrogen and oxygen atoms in total. The molecule has 0 spiro atoms. The first-order valence-electron chi connectivity index (χ1n) is 9.29. The molecule has 0 unspecified atom stereocenters.